The molecule has 0 saturated carbocycles. The largest absolute Gasteiger partial charge is 0.374 e. The molecule has 2 rings (SSSR count). The van der Waals surface area contributed by atoms with Gasteiger partial charge in [0.15, 0.2) is 0 Å². The number of morpholine rings is 1. The molecule has 0 spiro atoms. The Morgan fingerprint density at radius 2 is 2.19 bits per heavy atom. The highest BCUT2D eigenvalue weighted by Crippen LogP contribution is 2.13. The second kappa shape index (κ2) is 8.46. The van der Waals surface area contributed by atoms with Crippen LogP contribution < -0.4 is 5.32 Å². The fourth-order valence-corrected chi connectivity index (χ4v) is 2.96. The van der Waals surface area contributed by atoms with Crippen LogP contribution in [0.25, 0.3) is 0 Å². The molecule has 2 unspecified atom stereocenters. The number of hydrogen-bond donors (Lipinski definition) is 1. The highest BCUT2D eigenvalue weighted by molar-refractivity contribution is 4.94. The third-order valence-electron chi connectivity index (χ3n) is 4.07. The Morgan fingerprint density at radius 1 is 1.38 bits per heavy atom. The lowest BCUT2D eigenvalue weighted by atomic mass is 10.1. The Labute approximate surface area is 127 Å². The number of ether oxygens (including phenoxy) is 1. The molecule has 1 N–H and O–H groups in total. The summed E-state index contributed by atoms with van der Waals surface area (Å²) in [6, 6.07) is 0.282. The molecule has 6 heteroatoms. The van der Waals surface area contributed by atoms with Gasteiger partial charge in [-0.1, -0.05) is 13.8 Å². The number of aromatic nitrogens is 3. The van der Waals surface area contributed by atoms with E-state index in [1.165, 1.54) is 6.42 Å². The number of rotatable bonds is 8. The second-order valence-corrected chi connectivity index (χ2v) is 5.71. The summed E-state index contributed by atoms with van der Waals surface area (Å²) in [7, 11) is 2.01. The Balaban J connectivity index is 1.97. The van der Waals surface area contributed by atoms with Crippen LogP contribution in [0, 0.1) is 0 Å². The first-order valence-corrected chi connectivity index (χ1v) is 8.16. The highest BCUT2D eigenvalue weighted by Gasteiger charge is 2.28. The maximum absolute atomic E-state index is 5.99. The lowest BCUT2D eigenvalue weighted by Crippen LogP contribution is -2.52. The minimum absolute atomic E-state index is 0.224. The summed E-state index contributed by atoms with van der Waals surface area (Å²) in [5.41, 5.74) is 0. The number of aryl methyl sites for hydroxylation is 1. The van der Waals surface area contributed by atoms with Crippen LogP contribution >= 0.6 is 0 Å². The summed E-state index contributed by atoms with van der Waals surface area (Å²) in [5, 5.41) is 7.72. The van der Waals surface area contributed by atoms with E-state index in [9.17, 15) is 0 Å². The molecule has 1 fully saturated rings. The predicted octanol–water partition coefficient (Wildman–Crippen LogP) is 0.929. The number of nitrogens with one attached hydrogen (secondary N) is 1. The minimum atomic E-state index is 0.224. The lowest BCUT2D eigenvalue weighted by molar-refractivity contribution is -0.0454. The Hall–Kier alpha value is -0.980. The van der Waals surface area contributed by atoms with Gasteiger partial charge in [0.1, 0.15) is 12.2 Å². The molecule has 2 atom stereocenters. The van der Waals surface area contributed by atoms with Gasteiger partial charge in [-0.15, -0.1) is 0 Å². The highest BCUT2D eigenvalue weighted by atomic mass is 16.5. The third-order valence-corrected chi connectivity index (χ3v) is 4.07. The molecule has 6 nitrogen and oxygen atoms in total. The van der Waals surface area contributed by atoms with E-state index in [2.05, 4.69) is 34.1 Å². The van der Waals surface area contributed by atoms with Crippen LogP contribution in [-0.4, -0.2) is 65.1 Å². The maximum atomic E-state index is 5.99. The van der Waals surface area contributed by atoms with E-state index in [1.807, 2.05) is 11.7 Å². The van der Waals surface area contributed by atoms with Crippen LogP contribution in [0.5, 0.6) is 0 Å². The first kappa shape index (κ1) is 16.4. The van der Waals surface area contributed by atoms with Crippen molar-refractivity contribution in [2.45, 2.75) is 51.8 Å². The Morgan fingerprint density at radius 3 is 2.90 bits per heavy atom. The third kappa shape index (κ3) is 4.49. The van der Waals surface area contributed by atoms with Crippen molar-refractivity contribution >= 4 is 0 Å². The zero-order chi connectivity index (χ0) is 15.1. The van der Waals surface area contributed by atoms with Crippen LogP contribution in [0.1, 0.15) is 32.5 Å². The normalized spacial score (nSPS) is 21.6. The van der Waals surface area contributed by atoms with Crippen molar-refractivity contribution in [2.24, 2.45) is 0 Å². The van der Waals surface area contributed by atoms with E-state index < -0.39 is 0 Å². The van der Waals surface area contributed by atoms with Gasteiger partial charge in [0.05, 0.1) is 12.7 Å². The molecular weight excluding hydrogens is 266 g/mol. The monoisotopic (exact) mass is 295 g/mol. The Kier molecular flexibility index (Phi) is 6.60. The molecule has 1 saturated heterocycles. The quantitative estimate of drug-likeness (QED) is 0.773. The lowest BCUT2D eigenvalue weighted by Gasteiger charge is -2.36. The van der Waals surface area contributed by atoms with Gasteiger partial charge < -0.3 is 10.1 Å². The fourth-order valence-electron chi connectivity index (χ4n) is 2.96. The summed E-state index contributed by atoms with van der Waals surface area (Å²) in [6.07, 6.45) is 5.01. The van der Waals surface area contributed by atoms with Crippen molar-refractivity contribution in [1.82, 2.24) is 25.0 Å². The molecule has 1 aromatic rings. The first-order valence-electron chi connectivity index (χ1n) is 8.16. The summed E-state index contributed by atoms with van der Waals surface area (Å²) in [6.45, 7) is 9.35. The van der Waals surface area contributed by atoms with Crippen LogP contribution in [0.4, 0.5) is 0 Å². The second-order valence-electron chi connectivity index (χ2n) is 5.71. The van der Waals surface area contributed by atoms with Gasteiger partial charge in [-0.05, 0) is 26.4 Å². The topological polar surface area (TPSA) is 55.2 Å². The molecule has 0 amide bonds. The summed E-state index contributed by atoms with van der Waals surface area (Å²) in [4.78, 5) is 6.91. The molecule has 2 heterocycles. The molecule has 120 valence electrons. The van der Waals surface area contributed by atoms with E-state index in [0.29, 0.717) is 0 Å². The number of likely N-dealkylation sites (N-methyl/N-ethyl adjacent to an activating group) is 1. The molecule has 0 radical (unpaired) electrons. The fraction of sp³-hybridized carbons (Fsp3) is 0.867. The van der Waals surface area contributed by atoms with E-state index in [1.54, 1.807) is 6.33 Å². The molecule has 21 heavy (non-hydrogen) atoms. The average Bonchev–Trinajstić information content (AvgIpc) is 2.93. The van der Waals surface area contributed by atoms with Crippen molar-refractivity contribution < 1.29 is 4.74 Å². The first-order chi connectivity index (χ1) is 10.3. The summed E-state index contributed by atoms with van der Waals surface area (Å²) in [5.74, 6) is 1.05. The van der Waals surface area contributed by atoms with E-state index in [4.69, 9.17) is 4.74 Å². The van der Waals surface area contributed by atoms with Crippen molar-refractivity contribution in [2.75, 3.05) is 33.3 Å². The van der Waals surface area contributed by atoms with Gasteiger partial charge in [0.2, 0.25) is 0 Å². The smallest absolute Gasteiger partial charge is 0.138 e. The van der Waals surface area contributed by atoms with Crippen LogP contribution in [0.3, 0.4) is 0 Å². The van der Waals surface area contributed by atoms with Crippen molar-refractivity contribution in [3.63, 3.8) is 0 Å². The van der Waals surface area contributed by atoms with Gasteiger partial charge in [-0.3, -0.25) is 9.58 Å². The van der Waals surface area contributed by atoms with Gasteiger partial charge in [-0.2, -0.15) is 5.10 Å². The molecular formula is C15H29N5O. The SMILES string of the molecule is CCCN1CCOC(C(Cc2ncnn2CCC)NC)C1. The van der Waals surface area contributed by atoms with Crippen molar-refractivity contribution in [3.05, 3.63) is 12.2 Å². The van der Waals surface area contributed by atoms with Crippen LogP contribution in [-0.2, 0) is 17.7 Å². The van der Waals surface area contributed by atoms with Crippen LogP contribution in [0.15, 0.2) is 6.33 Å². The number of hydrogen-bond acceptors (Lipinski definition) is 5. The summed E-state index contributed by atoms with van der Waals surface area (Å²) >= 11 is 0. The van der Waals surface area contributed by atoms with Gasteiger partial charge in [-0.25, -0.2) is 4.98 Å². The zero-order valence-corrected chi connectivity index (χ0v) is 13.6. The van der Waals surface area contributed by atoms with E-state index in [0.717, 1.165) is 51.5 Å². The molecule has 0 aliphatic carbocycles. The molecule has 0 aromatic carbocycles. The molecule has 1 aliphatic rings. The van der Waals surface area contributed by atoms with E-state index >= 15 is 0 Å². The van der Waals surface area contributed by atoms with Crippen LogP contribution in [0.2, 0.25) is 0 Å². The van der Waals surface area contributed by atoms with Gasteiger partial charge >= 0.3 is 0 Å². The maximum Gasteiger partial charge on any atom is 0.138 e. The molecule has 1 aliphatic heterocycles. The van der Waals surface area contributed by atoms with Crippen molar-refractivity contribution in [3.8, 4) is 0 Å². The van der Waals surface area contributed by atoms with Gasteiger partial charge in [0.25, 0.3) is 0 Å². The van der Waals surface area contributed by atoms with Crippen molar-refractivity contribution in [1.29, 1.82) is 0 Å². The standard InChI is InChI=1S/C15H29N5O/c1-4-6-19-8-9-21-14(11-19)13(16-3)10-15-17-12-18-20(15)7-5-2/h12-14,16H,4-11H2,1-3H3. The molecule has 1 aromatic heterocycles. The molecule has 0 bridgehead atoms. The summed E-state index contributed by atoms with van der Waals surface area (Å²) < 4.78 is 8.01. The van der Waals surface area contributed by atoms with Gasteiger partial charge in [0, 0.05) is 32.1 Å². The average molecular weight is 295 g/mol. The number of nitrogens with zero attached hydrogens (tertiary/aromatic N) is 4. The zero-order valence-electron chi connectivity index (χ0n) is 13.6. The van der Waals surface area contributed by atoms with E-state index in [-0.39, 0.29) is 12.1 Å². The predicted molar refractivity (Wildman–Crippen MR) is 83.3 cm³/mol. The Bertz CT molecular complexity index is 407. The minimum Gasteiger partial charge on any atom is -0.374 e.